The van der Waals surface area contributed by atoms with E-state index in [2.05, 4.69) is 20.5 Å². The molecule has 0 radical (unpaired) electrons. The first-order chi connectivity index (χ1) is 11.5. The zero-order valence-corrected chi connectivity index (χ0v) is 14.5. The topological polar surface area (TPSA) is 80.9 Å². The van der Waals surface area contributed by atoms with Gasteiger partial charge in [0.05, 0.1) is 16.5 Å². The van der Waals surface area contributed by atoms with Gasteiger partial charge in [-0.25, -0.2) is 9.37 Å². The molecule has 1 N–H and O–H groups in total. The van der Waals surface area contributed by atoms with Crippen LogP contribution < -0.4 is 5.32 Å². The third-order valence-corrected chi connectivity index (χ3v) is 4.84. The van der Waals surface area contributed by atoms with Gasteiger partial charge in [0.25, 0.3) is 11.1 Å². The van der Waals surface area contributed by atoms with Gasteiger partial charge in [-0.05, 0) is 38.1 Å². The SMILES string of the molecule is Cc1nc(C)c(-c2nnc(SCC(=O)Nc3ccc(F)cc3)o2)s1. The number of nitrogens with zero attached hydrogens (tertiary/aromatic N) is 3. The fourth-order valence-electron chi connectivity index (χ4n) is 1.95. The summed E-state index contributed by atoms with van der Waals surface area (Å²) in [6.45, 7) is 3.79. The number of carbonyl (C=O) groups excluding carboxylic acids is 1. The molecule has 124 valence electrons. The van der Waals surface area contributed by atoms with Crippen molar-refractivity contribution >= 4 is 34.7 Å². The van der Waals surface area contributed by atoms with Crippen LogP contribution in [-0.2, 0) is 4.79 Å². The van der Waals surface area contributed by atoms with Crippen LogP contribution in [-0.4, -0.2) is 26.8 Å². The molecule has 9 heteroatoms. The van der Waals surface area contributed by atoms with E-state index < -0.39 is 0 Å². The molecule has 0 aliphatic heterocycles. The quantitative estimate of drug-likeness (QED) is 0.696. The maximum absolute atomic E-state index is 12.8. The monoisotopic (exact) mass is 364 g/mol. The zero-order valence-electron chi connectivity index (χ0n) is 12.9. The number of hydrogen-bond acceptors (Lipinski definition) is 7. The van der Waals surface area contributed by atoms with Crippen LogP contribution in [0.1, 0.15) is 10.7 Å². The second kappa shape index (κ2) is 7.10. The molecule has 3 aromatic rings. The number of rotatable bonds is 5. The summed E-state index contributed by atoms with van der Waals surface area (Å²) >= 11 is 2.62. The smallest absolute Gasteiger partial charge is 0.277 e. The Morgan fingerprint density at radius 2 is 2.04 bits per heavy atom. The summed E-state index contributed by atoms with van der Waals surface area (Å²) in [5, 5.41) is 11.8. The Bertz CT molecular complexity index is 861. The molecule has 24 heavy (non-hydrogen) atoms. The minimum absolute atomic E-state index is 0.111. The van der Waals surface area contributed by atoms with Crippen molar-refractivity contribution in [1.29, 1.82) is 0 Å². The van der Waals surface area contributed by atoms with Gasteiger partial charge < -0.3 is 9.73 Å². The molecular formula is C15H13FN4O2S2. The van der Waals surface area contributed by atoms with Crippen molar-refractivity contribution in [2.24, 2.45) is 0 Å². The highest BCUT2D eigenvalue weighted by Gasteiger charge is 2.16. The molecule has 2 heterocycles. The van der Waals surface area contributed by atoms with Crippen molar-refractivity contribution < 1.29 is 13.6 Å². The summed E-state index contributed by atoms with van der Waals surface area (Å²) in [7, 11) is 0. The fourth-order valence-corrected chi connectivity index (χ4v) is 3.35. The van der Waals surface area contributed by atoms with Gasteiger partial charge in [0.15, 0.2) is 0 Å². The van der Waals surface area contributed by atoms with Gasteiger partial charge >= 0.3 is 0 Å². The second-order valence-electron chi connectivity index (χ2n) is 4.86. The Hall–Kier alpha value is -2.26. The highest BCUT2D eigenvalue weighted by atomic mass is 32.2. The van der Waals surface area contributed by atoms with Gasteiger partial charge in [0, 0.05) is 5.69 Å². The largest absolute Gasteiger partial charge is 0.410 e. The molecule has 0 fully saturated rings. The summed E-state index contributed by atoms with van der Waals surface area (Å²) in [5.41, 5.74) is 1.37. The number of amides is 1. The van der Waals surface area contributed by atoms with Crippen LogP contribution in [0.2, 0.25) is 0 Å². The predicted octanol–water partition coefficient (Wildman–Crippen LogP) is 3.68. The number of benzene rings is 1. The van der Waals surface area contributed by atoms with Gasteiger partial charge in [-0.15, -0.1) is 21.5 Å². The Kier molecular flexibility index (Phi) is 4.91. The molecule has 1 amide bonds. The molecule has 0 aliphatic rings. The summed E-state index contributed by atoms with van der Waals surface area (Å²) in [4.78, 5) is 17.0. The van der Waals surface area contributed by atoms with Crippen molar-refractivity contribution in [3.05, 3.63) is 40.8 Å². The molecule has 3 rings (SSSR count). The average Bonchev–Trinajstić information content (AvgIpc) is 3.13. The number of carbonyl (C=O) groups is 1. The minimum atomic E-state index is -0.352. The van der Waals surface area contributed by atoms with E-state index in [-0.39, 0.29) is 17.5 Å². The molecule has 1 aromatic carbocycles. The highest BCUT2D eigenvalue weighted by molar-refractivity contribution is 7.99. The molecule has 0 bridgehead atoms. The standard InChI is InChI=1S/C15H13FN4O2S2/c1-8-13(24-9(2)17-8)14-19-20-15(22-14)23-7-12(21)18-11-5-3-10(16)4-6-11/h3-6H,7H2,1-2H3,(H,18,21). The second-order valence-corrected chi connectivity index (χ2v) is 6.99. The molecule has 0 aliphatic carbocycles. The first kappa shape index (κ1) is 16.6. The number of thioether (sulfide) groups is 1. The first-order valence-electron chi connectivity index (χ1n) is 6.97. The normalized spacial score (nSPS) is 10.8. The number of halogens is 1. The van der Waals surface area contributed by atoms with E-state index in [1.165, 1.54) is 35.6 Å². The number of aryl methyl sites for hydroxylation is 2. The molecule has 0 saturated heterocycles. The number of aromatic nitrogens is 3. The summed E-state index contributed by atoms with van der Waals surface area (Å²) in [5.74, 6) is -0.0789. The lowest BCUT2D eigenvalue weighted by Gasteiger charge is -2.03. The number of anilines is 1. The minimum Gasteiger partial charge on any atom is -0.410 e. The van der Waals surface area contributed by atoms with Crippen LogP contribution in [0, 0.1) is 19.7 Å². The van der Waals surface area contributed by atoms with Crippen molar-refractivity contribution in [2.75, 3.05) is 11.1 Å². The Morgan fingerprint density at radius 1 is 1.29 bits per heavy atom. The van der Waals surface area contributed by atoms with Gasteiger partial charge in [0.1, 0.15) is 10.7 Å². The Morgan fingerprint density at radius 3 is 2.71 bits per heavy atom. The maximum atomic E-state index is 12.8. The van der Waals surface area contributed by atoms with Crippen molar-refractivity contribution in [3.8, 4) is 10.8 Å². The van der Waals surface area contributed by atoms with Crippen LogP contribution in [0.3, 0.4) is 0 Å². The van der Waals surface area contributed by atoms with Gasteiger partial charge in [-0.3, -0.25) is 4.79 Å². The third-order valence-electron chi connectivity index (χ3n) is 2.96. The maximum Gasteiger partial charge on any atom is 0.277 e. The predicted molar refractivity (Wildman–Crippen MR) is 90.6 cm³/mol. The third kappa shape index (κ3) is 3.98. The zero-order chi connectivity index (χ0) is 17.1. The van der Waals surface area contributed by atoms with E-state index >= 15 is 0 Å². The van der Waals surface area contributed by atoms with E-state index in [0.717, 1.165) is 27.3 Å². The van der Waals surface area contributed by atoms with Crippen molar-refractivity contribution in [1.82, 2.24) is 15.2 Å². The van der Waals surface area contributed by atoms with E-state index in [1.807, 2.05) is 13.8 Å². The Balaban J connectivity index is 1.58. The summed E-state index contributed by atoms with van der Waals surface area (Å²) in [6, 6.07) is 5.56. The average molecular weight is 364 g/mol. The first-order valence-corrected chi connectivity index (χ1v) is 8.77. The molecule has 0 atom stereocenters. The van der Waals surface area contributed by atoms with Crippen LogP contribution in [0.5, 0.6) is 0 Å². The van der Waals surface area contributed by atoms with E-state index in [4.69, 9.17) is 4.42 Å². The highest BCUT2D eigenvalue weighted by Crippen LogP contribution is 2.30. The molecule has 6 nitrogen and oxygen atoms in total. The fraction of sp³-hybridized carbons (Fsp3) is 0.200. The summed E-state index contributed by atoms with van der Waals surface area (Å²) in [6.07, 6.45) is 0. The molecular weight excluding hydrogens is 351 g/mol. The lowest BCUT2D eigenvalue weighted by Crippen LogP contribution is -2.13. The van der Waals surface area contributed by atoms with Crippen molar-refractivity contribution in [3.63, 3.8) is 0 Å². The number of thiazole rings is 1. The Labute approximate surface area is 145 Å². The van der Waals surface area contributed by atoms with E-state index in [0.29, 0.717) is 16.8 Å². The number of nitrogens with one attached hydrogen (secondary N) is 1. The molecule has 2 aromatic heterocycles. The molecule has 0 saturated carbocycles. The molecule has 0 unspecified atom stereocenters. The van der Waals surface area contributed by atoms with Crippen LogP contribution >= 0.6 is 23.1 Å². The van der Waals surface area contributed by atoms with Crippen LogP contribution in [0.25, 0.3) is 10.8 Å². The van der Waals surface area contributed by atoms with Crippen LogP contribution in [0.15, 0.2) is 33.9 Å². The molecule has 0 spiro atoms. The number of hydrogen-bond donors (Lipinski definition) is 1. The van der Waals surface area contributed by atoms with Crippen LogP contribution in [0.4, 0.5) is 10.1 Å². The lowest BCUT2D eigenvalue weighted by molar-refractivity contribution is -0.113. The van der Waals surface area contributed by atoms with Gasteiger partial charge in [0.2, 0.25) is 5.91 Å². The lowest BCUT2D eigenvalue weighted by atomic mass is 10.3. The van der Waals surface area contributed by atoms with Crippen molar-refractivity contribution in [2.45, 2.75) is 19.1 Å². The van der Waals surface area contributed by atoms with E-state index in [9.17, 15) is 9.18 Å². The van der Waals surface area contributed by atoms with E-state index in [1.54, 1.807) is 0 Å². The summed E-state index contributed by atoms with van der Waals surface area (Å²) < 4.78 is 18.4. The van der Waals surface area contributed by atoms with Gasteiger partial charge in [-0.1, -0.05) is 11.8 Å². The van der Waals surface area contributed by atoms with Gasteiger partial charge in [-0.2, -0.15) is 0 Å².